The molecule has 0 aliphatic carbocycles. The highest BCUT2D eigenvalue weighted by molar-refractivity contribution is 5.58. The molecule has 0 aliphatic rings. The molecule has 0 N–H and O–H groups in total. The fourth-order valence-corrected chi connectivity index (χ4v) is 1.73. The third kappa shape index (κ3) is 7.99. The molecule has 0 heterocycles. The average Bonchev–Trinajstić information content (AvgIpc) is 2.67. The minimum Gasteiger partial charge on any atom is -0.211 e. The Morgan fingerprint density at radius 1 is 0.615 bits per heavy atom. The Bertz CT molecular complexity index is 842. The molecule has 0 fully saturated rings. The van der Waals surface area contributed by atoms with E-state index in [1.54, 1.807) is 18.2 Å². The lowest BCUT2D eigenvalue weighted by molar-refractivity contribution is 0.562. The van der Waals surface area contributed by atoms with Crippen LogP contribution in [0.25, 0.3) is 0 Å². The van der Waals surface area contributed by atoms with Crippen molar-refractivity contribution in [1.82, 2.24) is 0 Å². The molecule has 2 rings (SSSR count). The van der Waals surface area contributed by atoms with Gasteiger partial charge in [0.05, 0.1) is 24.5 Å². The van der Waals surface area contributed by atoms with E-state index in [0.29, 0.717) is 24.5 Å². The first-order valence-corrected chi connectivity index (χ1v) is 7.14. The van der Waals surface area contributed by atoms with Gasteiger partial charge in [-0.15, -0.1) is 0 Å². The molecule has 0 spiro atoms. The molecule has 8 heteroatoms. The molecule has 2 aromatic rings. The van der Waals surface area contributed by atoms with Gasteiger partial charge in [-0.25, -0.2) is 29.2 Å². The van der Waals surface area contributed by atoms with Gasteiger partial charge in [0.25, 0.3) is 0 Å². The van der Waals surface area contributed by atoms with E-state index in [0.717, 1.165) is 11.1 Å². The van der Waals surface area contributed by atoms with E-state index in [-0.39, 0.29) is 0 Å². The Morgan fingerprint density at radius 3 is 1.38 bits per heavy atom. The lowest BCUT2D eigenvalue weighted by Crippen LogP contribution is -1.84. The molecule has 0 radical (unpaired) electrons. The highest BCUT2D eigenvalue weighted by atomic mass is 16.1. The number of isocyanates is 4. The van der Waals surface area contributed by atoms with E-state index >= 15 is 0 Å². The van der Waals surface area contributed by atoms with E-state index in [2.05, 4.69) is 20.0 Å². The zero-order chi connectivity index (χ0) is 19.0. The van der Waals surface area contributed by atoms with Gasteiger partial charge in [-0.2, -0.15) is 9.98 Å². The molecule has 128 valence electrons. The highest BCUT2D eigenvalue weighted by Crippen LogP contribution is 2.18. The van der Waals surface area contributed by atoms with Crippen LogP contribution >= 0.6 is 0 Å². The van der Waals surface area contributed by atoms with Gasteiger partial charge in [0.2, 0.25) is 24.3 Å². The molecule has 0 atom stereocenters. The van der Waals surface area contributed by atoms with Crippen molar-refractivity contribution in [1.29, 1.82) is 0 Å². The van der Waals surface area contributed by atoms with Crippen LogP contribution in [-0.4, -0.2) is 24.3 Å². The number of hydrogen-bond donors (Lipinski definition) is 0. The van der Waals surface area contributed by atoms with Crippen molar-refractivity contribution in [3.63, 3.8) is 0 Å². The van der Waals surface area contributed by atoms with Crippen molar-refractivity contribution < 1.29 is 19.2 Å². The molecule has 0 unspecified atom stereocenters. The number of aliphatic imine (C=N–C) groups is 4. The molecular weight excluding hydrogens is 336 g/mol. The topological polar surface area (TPSA) is 118 Å². The van der Waals surface area contributed by atoms with Crippen LogP contribution in [0.2, 0.25) is 0 Å². The molecule has 0 bridgehead atoms. The number of hydrogen-bond acceptors (Lipinski definition) is 8. The normalized spacial score (nSPS) is 8.31. The summed E-state index contributed by atoms with van der Waals surface area (Å²) in [4.78, 5) is 53.0. The van der Waals surface area contributed by atoms with Crippen LogP contribution < -0.4 is 0 Å². The third-order valence-corrected chi connectivity index (χ3v) is 2.85. The summed E-state index contributed by atoms with van der Waals surface area (Å²) in [6, 6.07) is 13.6. The Hall–Kier alpha value is -4.04. The summed E-state index contributed by atoms with van der Waals surface area (Å²) in [5.41, 5.74) is 2.68. The number of benzene rings is 2. The van der Waals surface area contributed by atoms with Crippen LogP contribution in [0.3, 0.4) is 0 Å². The van der Waals surface area contributed by atoms with Gasteiger partial charge in [-0.05, 0) is 29.3 Å². The maximum Gasteiger partial charge on any atom is 0.240 e. The monoisotopic (exact) mass is 348 g/mol. The van der Waals surface area contributed by atoms with Crippen molar-refractivity contribution in [3.8, 4) is 0 Å². The first-order valence-electron chi connectivity index (χ1n) is 7.14. The second kappa shape index (κ2) is 12.4. The van der Waals surface area contributed by atoms with Crippen LogP contribution in [0.5, 0.6) is 0 Å². The van der Waals surface area contributed by atoms with Crippen LogP contribution in [0.4, 0.5) is 11.4 Å². The van der Waals surface area contributed by atoms with Gasteiger partial charge in [0.1, 0.15) is 0 Å². The molecule has 8 nitrogen and oxygen atoms in total. The average molecular weight is 348 g/mol. The van der Waals surface area contributed by atoms with E-state index in [4.69, 9.17) is 0 Å². The second-order valence-corrected chi connectivity index (χ2v) is 4.56. The molecule has 2 aromatic carbocycles. The first kappa shape index (κ1) is 20.0. The Labute approximate surface area is 148 Å². The molecule has 0 amide bonds. The summed E-state index contributed by atoms with van der Waals surface area (Å²) >= 11 is 0. The number of nitrogens with zero attached hydrogens (tertiary/aromatic N) is 4. The van der Waals surface area contributed by atoms with E-state index < -0.39 is 0 Å². The minimum absolute atomic E-state index is 0.334. The largest absolute Gasteiger partial charge is 0.240 e. The number of rotatable bonds is 6. The summed E-state index contributed by atoms with van der Waals surface area (Å²) in [6.07, 6.45) is 5.72. The fraction of sp³-hybridized carbons (Fsp3) is 0.111. The van der Waals surface area contributed by atoms with Crippen LogP contribution in [0, 0.1) is 0 Å². The predicted molar refractivity (Wildman–Crippen MR) is 92.1 cm³/mol. The highest BCUT2D eigenvalue weighted by Gasteiger charge is 1.93. The summed E-state index contributed by atoms with van der Waals surface area (Å²) in [5.74, 6) is 0. The SMILES string of the molecule is O=C=NCc1ccc(CN=C=O)cc1.O=C=Nc1cccc(N=C=O)c1. The van der Waals surface area contributed by atoms with Crippen molar-refractivity contribution in [2.24, 2.45) is 20.0 Å². The molecule has 0 aliphatic heterocycles. The molecule has 0 aromatic heterocycles. The van der Waals surface area contributed by atoms with Crippen LogP contribution in [0.1, 0.15) is 11.1 Å². The van der Waals surface area contributed by atoms with Gasteiger partial charge in [0, 0.05) is 0 Å². The maximum absolute atomic E-state index is 9.84. The third-order valence-electron chi connectivity index (χ3n) is 2.85. The zero-order valence-electron chi connectivity index (χ0n) is 13.5. The number of carbonyl (C=O) groups excluding carboxylic acids is 4. The van der Waals surface area contributed by atoms with Gasteiger partial charge in [-0.1, -0.05) is 30.3 Å². The summed E-state index contributed by atoms with van der Waals surface area (Å²) in [5, 5.41) is 0. The maximum atomic E-state index is 9.84. The lowest BCUT2D eigenvalue weighted by atomic mass is 10.1. The first-order chi connectivity index (χ1) is 12.7. The summed E-state index contributed by atoms with van der Waals surface area (Å²) < 4.78 is 0. The minimum atomic E-state index is 0.334. The fourth-order valence-electron chi connectivity index (χ4n) is 1.73. The van der Waals surface area contributed by atoms with Crippen LogP contribution in [0.15, 0.2) is 68.5 Å². The van der Waals surface area contributed by atoms with Crippen molar-refractivity contribution in [2.45, 2.75) is 13.1 Å². The van der Waals surface area contributed by atoms with Gasteiger partial charge < -0.3 is 0 Å². The quantitative estimate of drug-likeness (QED) is 0.589. The van der Waals surface area contributed by atoms with Gasteiger partial charge in [-0.3, -0.25) is 0 Å². The Morgan fingerprint density at radius 2 is 1.04 bits per heavy atom. The second-order valence-electron chi connectivity index (χ2n) is 4.56. The van der Waals surface area contributed by atoms with E-state index in [1.807, 2.05) is 24.3 Å². The van der Waals surface area contributed by atoms with Gasteiger partial charge in [0.15, 0.2) is 0 Å². The zero-order valence-corrected chi connectivity index (χ0v) is 13.5. The standard InChI is InChI=1S/C10H8N2O2.C8H4N2O2/c13-7-11-5-9-1-2-10(4-3-9)6-12-8-14;11-5-9-7-2-1-3-8(4-7)10-6-12/h1-4H,5-6H2;1-4H. The van der Waals surface area contributed by atoms with Crippen molar-refractivity contribution in [3.05, 3.63) is 59.7 Å². The Kier molecular flexibility index (Phi) is 9.53. The van der Waals surface area contributed by atoms with Gasteiger partial charge >= 0.3 is 0 Å². The summed E-state index contributed by atoms with van der Waals surface area (Å²) in [6.45, 7) is 0.668. The lowest BCUT2D eigenvalue weighted by Gasteiger charge is -1.97. The molecular formula is C18H12N4O4. The molecule has 26 heavy (non-hydrogen) atoms. The van der Waals surface area contributed by atoms with E-state index in [1.165, 1.54) is 30.4 Å². The smallest absolute Gasteiger partial charge is 0.211 e. The summed E-state index contributed by atoms with van der Waals surface area (Å²) in [7, 11) is 0. The van der Waals surface area contributed by atoms with Crippen LogP contribution in [-0.2, 0) is 32.3 Å². The van der Waals surface area contributed by atoms with Crippen molar-refractivity contribution >= 4 is 35.7 Å². The molecule has 0 saturated heterocycles. The van der Waals surface area contributed by atoms with E-state index in [9.17, 15) is 19.2 Å². The Balaban J connectivity index is 0.000000263. The predicted octanol–water partition coefficient (Wildman–Crippen LogP) is 2.98. The molecule has 0 saturated carbocycles. The van der Waals surface area contributed by atoms with Crippen molar-refractivity contribution in [2.75, 3.05) is 0 Å².